The van der Waals surface area contributed by atoms with E-state index < -0.39 is 11.1 Å². The molecule has 130 valence electrons. The van der Waals surface area contributed by atoms with Crippen LogP contribution >= 0.6 is 0 Å². The maximum atomic E-state index is 12.7. The van der Waals surface area contributed by atoms with E-state index in [1.807, 2.05) is 0 Å². The molecule has 2 aromatic rings. The number of hydrogen-bond acceptors (Lipinski definition) is 6. The van der Waals surface area contributed by atoms with Gasteiger partial charge >= 0.3 is 0 Å². The Kier molecular flexibility index (Phi) is 4.18. The molecule has 8 heteroatoms. The van der Waals surface area contributed by atoms with Crippen molar-refractivity contribution in [3.63, 3.8) is 0 Å². The number of fused-ring (bicyclic) bond motifs is 1. The van der Waals surface area contributed by atoms with Crippen LogP contribution in [0.1, 0.15) is 24.2 Å². The highest BCUT2D eigenvalue weighted by molar-refractivity contribution is 6.02. The number of rotatable bonds is 4. The van der Waals surface area contributed by atoms with Crippen molar-refractivity contribution in [1.29, 1.82) is 0 Å². The minimum absolute atomic E-state index is 0.0236. The van der Waals surface area contributed by atoms with Gasteiger partial charge < -0.3 is 20.0 Å². The van der Waals surface area contributed by atoms with E-state index >= 15 is 0 Å². The number of nitrogens with zero attached hydrogens (tertiary/aromatic N) is 2. The zero-order valence-electron chi connectivity index (χ0n) is 14.0. The summed E-state index contributed by atoms with van der Waals surface area (Å²) in [5.74, 6) is 1.08. The molecule has 25 heavy (non-hydrogen) atoms. The Morgan fingerprint density at radius 2 is 1.72 bits per heavy atom. The number of benzene rings is 2. The van der Waals surface area contributed by atoms with Crippen LogP contribution in [-0.4, -0.2) is 29.6 Å². The minimum Gasteiger partial charge on any atom is -0.622 e. The standard InChI is InChI=1S/C17H17N3O5/c1-10-13-8-15(24-2)16(25-3)9-14(13)18-17(19(10)21)11-4-6-12(7-5-11)20(22)23/h4-9,17-18H,1-3H3. The van der Waals surface area contributed by atoms with Crippen LogP contribution in [0.2, 0.25) is 0 Å². The molecular weight excluding hydrogens is 326 g/mol. The van der Waals surface area contributed by atoms with Crippen molar-refractivity contribution in [3.05, 3.63) is 62.8 Å². The molecule has 0 aromatic heterocycles. The molecule has 0 radical (unpaired) electrons. The lowest BCUT2D eigenvalue weighted by Crippen LogP contribution is -2.31. The Morgan fingerprint density at radius 1 is 1.12 bits per heavy atom. The lowest BCUT2D eigenvalue weighted by molar-refractivity contribution is -0.501. The molecule has 0 amide bonds. The van der Waals surface area contributed by atoms with Gasteiger partial charge in [0.25, 0.3) is 11.9 Å². The average molecular weight is 343 g/mol. The Hall–Kier alpha value is -3.29. The first-order valence-corrected chi connectivity index (χ1v) is 7.53. The second-order valence-electron chi connectivity index (χ2n) is 5.56. The van der Waals surface area contributed by atoms with E-state index in [9.17, 15) is 15.3 Å². The Morgan fingerprint density at radius 3 is 2.28 bits per heavy atom. The van der Waals surface area contributed by atoms with Crippen molar-refractivity contribution in [2.24, 2.45) is 0 Å². The fourth-order valence-corrected chi connectivity index (χ4v) is 2.81. The minimum atomic E-state index is -0.689. The van der Waals surface area contributed by atoms with Crippen molar-refractivity contribution in [2.75, 3.05) is 19.5 Å². The van der Waals surface area contributed by atoms with Crippen molar-refractivity contribution in [3.8, 4) is 11.5 Å². The maximum Gasteiger partial charge on any atom is 0.269 e. The zero-order chi connectivity index (χ0) is 18.1. The molecule has 1 unspecified atom stereocenters. The molecule has 0 fully saturated rings. The van der Waals surface area contributed by atoms with Gasteiger partial charge in [-0.1, -0.05) is 0 Å². The fraction of sp³-hybridized carbons (Fsp3) is 0.235. The van der Waals surface area contributed by atoms with Crippen LogP contribution in [0.4, 0.5) is 11.4 Å². The largest absolute Gasteiger partial charge is 0.622 e. The molecule has 2 aromatic carbocycles. The summed E-state index contributed by atoms with van der Waals surface area (Å²) in [6, 6.07) is 9.41. The SMILES string of the molecule is COc1cc2c(cc1OC)C(C)=[N+]([O-])C(c1ccc([N+](=O)[O-])cc1)N2. The highest BCUT2D eigenvalue weighted by atomic mass is 16.6. The first kappa shape index (κ1) is 16.6. The molecule has 1 aliphatic heterocycles. The lowest BCUT2D eigenvalue weighted by Gasteiger charge is -2.27. The normalized spacial score (nSPS) is 16.0. The fourth-order valence-electron chi connectivity index (χ4n) is 2.81. The summed E-state index contributed by atoms with van der Waals surface area (Å²) in [5.41, 5.74) is 2.55. The van der Waals surface area contributed by atoms with Gasteiger partial charge in [0.1, 0.15) is 0 Å². The van der Waals surface area contributed by atoms with Crippen molar-refractivity contribution in [2.45, 2.75) is 13.1 Å². The van der Waals surface area contributed by atoms with Gasteiger partial charge in [0.2, 0.25) is 0 Å². The highest BCUT2D eigenvalue weighted by Crippen LogP contribution is 2.38. The Labute approximate surface area is 144 Å². The first-order chi connectivity index (χ1) is 12.0. The number of hydroxylamine groups is 1. The number of nitro benzene ring substituents is 1. The summed E-state index contributed by atoms with van der Waals surface area (Å²) in [4.78, 5) is 10.3. The third-order valence-corrected chi connectivity index (χ3v) is 4.19. The highest BCUT2D eigenvalue weighted by Gasteiger charge is 2.30. The molecule has 1 atom stereocenters. The number of methoxy groups -OCH3 is 2. The molecule has 1 N–H and O–H groups in total. The maximum absolute atomic E-state index is 12.7. The molecule has 3 rings (SSSR count). The van der Waals surface area contributed by atoms with Crippen LogP contribution in [0, 0.1) is 15.3 Å². The van der Waals surface area contributed by atoms with Crippen molar-refractivity contribution >= 4 is 17.1 Å². The lowest BCUT2D eigenvalue weighted by atomic mass is 10.0. The van der Waals surface area contributed by atoms with Crippen LogP contribution in [0.25, 0.3) is 0 Å². The predicted octanol–water partition coefficient (Wildman–Crippen LogP) is 3.06. The molecular formula is C17H17N3O5. The van der Waals surface area contributed by atoms with Gasteiger partial charge in [0, 0.05) is 30.7 Å². The first-order valence-electron chi connectivity index (χ1n) is 7.53. The van der Waals surface area contributed by atoms with Crippen LogP contribution < -0.4 is 14.8 Å². The van der Waals surface area contributed by atoms with E-state index in [2.05, 4.69) is 5.32 Å². The van der Waals surface area contributed by atoms with Gasteiger partial charge in [0.15, 0.2) is 17.2 Å². The molecule has 0 saturated heterocycles. The monoisotopic (exact) mass is 343 g/mol. The van der Waals surface area contributed by atoms with E-state index in [0.29, 0.717) is 28.3 Å². The van der Waals surface area contributed by atoms with Crippen LogP contribution in [0.5, 0.6) is 11.5 Å². The van der Waals surface area contributed by atoms with Gasteiger partial charge in [-0.2, -0.15) is 4.74 Å². The number of hydrogen-bond donors (Lipinski definition) is 1. The summed E-state index contributed by atoms with van der Waals surface area (Å²) < 4.78 is 11.4. The quantitative estimate of drug-likeness (QED) is 0.396. The number of anilines is 1. The number of non-ortho nitro benzene ring substituents is 1. The van der Waals surface area contributed by atoms with Crippen LogP contribution in [-0.2, 0) is 0 Å². The molecule has 1 heterocycles. The van der Waals surface area contributed by atoms with E-state index in [4.69, 9.17) is 9.47 Å². The predicted molar refractivity (Wildman–Crippen MR) is 92.4 cm³/mol. The number of ether oxygens (including phenoxy) is 2. The zero-order valence-corrected chi connectivity index (χ0v) is 14.0. The summed E-state index contributed by atoms with van der Waals surface area (Å²) in [6.07, 6.45) is -0.689. The van der Waals surface area contributed by atoms with Gasteiger partial charge in [-0.15, -0.1) is 0 Å². The Balaban J connectivity index is 2.04. The van der Waals surface area contributed by atoms with Gasteiger partial charge in [-0.25, -0.2) is 0 Å². The topological polar surface area (TPSA) is 99.7 Å². The third kappa shape index (κ3) is 2.82. The van der Waals surface area contributed by atoms with Crippen molar-refractivity contribution in [1.82, 2.24) is 0 Å². The third-order valence-electron chi connectivity index (χ3n) is 4.19. The smallest absolute Gasteiger partial charge is 0.269 e. The van der Waals surface area contributed by atoms with Crippen LogP contribution in [0.3, 0.4) is 0 Å². The van der Waals surface area contributed by atoms with E-state index in [0.717, 1.165) is 10.4 Å². The summed E-state index contributed by atoms with van der Waals surface area (Å²) in [7, 11) is 3.07. The summed E-state index contributed by atoms with van der Waals surface area (Å²) in [5, 5.41) is 26.6. The molecule has 0 saturated carbocycles. The second-order valence-corrected chi connectivity index (χ2v) is 5.56. The van der Waals surface area contributed by atoms with E-state index in [-0.39, 0.29) is 5.69 Å². The average Bonchev–Trinajstić information content (AvgIpc) is 2.63. The molecule has 0 aliphatic carbocycles. The number of nitrogens with one attached hydrogen (secondary N) is 1. The van der Waals surface area contributed by atoms with E-state index in [1.54, 1.807) is 31.2 Å². The molecule has 0 spiro atoms. The second kappa shape index (κ2) is 6.31. The van der Waals surface area contributed by atoms with Crippen LogP contribution in [0.15, 0.2) is 36.4 Å². The number of nitro groups is 1. The van der Waals surface area contributed by atoms with Gasteiger partial charge in [0.05, 0.1) is 30.4 Å². The molecule has 1 aliphatic rings. The summed E-state index contributed by atoms with van der Waals surface area (Å²) >= 11 is 0. The molecule has 0 bridgehead atoms. The van der Waals surface area contributed by atoms with Gasteiger partial charge in [-0.05, 0) is 18.2 Å². The van der Waals surface area contributed by atoms with E-state index in [1.165, 1.54) is 26.4 Å². The molecule has 8 nitrogen and oxygen atoms in total. The Bertz CT molecular complexity index is 861. The summed E-state index contributed by atoms with van der Waals surface area (Å²) in [6.45, 7) is 1.72. The van der Waals surface area contributed by atoms with Crippen molar-refractivity contribution < 1.29 is 19.1 Å². The van der Waals surface area contributed by atoms with Gasteiger partial charge in [-0.3, -0.25) is 10.1 Å².